The van der Waals surface area contributed by atoms with Gasteiger partial charge in [0.15, 0.2) is 0 Å². The van der Waals surface area contributed by atoms with Crippen molar-refractivity contribution in [3.8, 4) is 0 Å². The molecule has 0 aromatic rings. The van der Waals surface area contributed by atoms with Gasteiger partial charge in [-0.15, -0.1) is 0 Å². The van der Waals surface area contributed by atoms with Gasteiger partial charge in [0.1, 0.15) is 11.8 Å². The van der Waals surface area contributed by atoms with Crippen molar-refractivity contribution in [1.82, 2.24) is 4.90 Å². The zero-order valence-corrected chi connectivity index (χ0v) is 13.0. The number of hydrogen-bond donors (Lipinski definition) is 0. The zero-order valence-electron chi connectivity index (χ0n) is 12.2. The molecule has 0 aromatic heterocycles. The lowest BCUT2D eigenvalue weighted by molar-refractivity contribution is 0.00668. The Morgan fingerprint density at radius 3 is 2.63 bits per heavy atom. The number of rotatable bonds is 1. The summed E-state index contributed by atoms with van der Waals surface area (Å²) in [6, 6.07) is -0.266. The number of alkyl halides is 1. The van der Waals surface area contributed by atoms with Gasteiger partial charge in [0.25, 0.3) is 0 Å². The summed E-state index contributed by atoms with van der Waals surface area (Å²) in [5, 5.41) is 0.398. The van der Waals surface area contributed by atoms with Gasteiger partial charge in [-0.3, -0.25) is 0 Å². The molecule has 2 fully saturated rings. The largest absolute Gasteiger partial charge is 0.444 e. The van der Waals surface area contributed by atoms with Gasteiger partial charge in [0.2, 0.25) is 0 Å². The number of carbonyl (C=O) groups excluding carboxylic acids is 1. The van der Waals surface area contributed by atoms with Crippen molar-refractivity contribution in [3.05, 3.63) is 0 Å². The Kier molecular flexibility index (Phi) is 4.33. The number of thioether (sulfide) groups is 1. The predicted octanol–water partition coefficient (Wildman–Crippen LogP) is 3.48. The molecule has 0 N–H and O–H groups in total. The SMILES string of the molecule is CSC1CC(F)C2C(CCN2C(=O)OC(C)(C)C)C1. The molecule has 2 aliphatic rings. The minimum Gasteiger partial charge on any atom is -0.444 e. The quantitative estimate of drug-likeness (QED) is 0.740. The number of halogens is 1. The maximum absolute atomic E-state index is 14.4. The molecule has 4 unspecified atom stereocenters. The lowest BCUT2D eigenvalue weighted by Gasteiger charge is -2.38. The van der Waals surface area contributed by atoms with Gasteiger partial charge in [-0.05, 0) is 52.2 Å². The summed E-state index contributed by atoms with van der Waals surface area (Å²) in [4.78, 5) is 13.8. The van der Waals surface area contributed by atoms with Crippen LogP contribution < -0.4 is 0 Å². The van der Waals surface area contributed by atoms with E-state index >= 15 is 0 Å². The van der Waals surface area contributed by atoms with Gasteiger partial charge in [-0.1, -0.05) is 0 Å². The van der Waals surface area contributed by atoms with Gasteiger partial charge in [-0.25, -0.2) is 9.18 Å². The first-order chi connectivity index (χ1) is 8.81. The third kappa shape index (κ3) is 3.36. The Hall–Kier alpha value is -0.450. The highest BCUT2D eigenvalue weighted by atomic mass is 32.2. The van der Waals surface area contributed by atoms with Crippen molar-refractivity contribution in [2.45, 2.75) is 63.1 Å². The van der Waals surface area contributed by atoms with Crippen molar-refractivity contribution in [2.75, 3.05) is 12.8 Å². The molecule has 1 heterocycles. The fraction of sp³-hybridized carbons (Fsp3) is 0.929. The van der Waals surface area contributed by atoms with Crippen LogP contribution in [0.1, 0.15) is 40.0 Å². The molecule has 1 saturated carbocycles. The number of amides is 1. The third-order valence-corrected chi connectivity index (χ3v) is 5.02. The lowest BCUT2D eigenvalue weighted by atomic mass is 9.83. The van der Waals surface area contributed by atoms with E-state index in [0.29, 0.717) is 24.1 Å². The summed E-state index contributed by atoms with van der Waals surface area (Å²) < 4.78 is 19.7. The normalized spacial score (nSPS) is 35.1. The summed E-state index contributed by atoms with van der Waals surface area (Å²) in [7, 11) is 0. The highest BCUT2D eigenvalue weighted by Gasteiger charge is 2.47. The minimum absolute atomic E-state index is 0.266. The second kappa shape index (κ2) is 5.51. The molecule has 1 amide bonds. The fourth-order valence-corrected chi connectivity index (χ4v) is 3.99. The molecule has 0 radical (unpaired) electrons. The highest BCUT2D eigenvalue weighted by molar-refractivity contribution is 7.99. The molecule has 0 spiro atoms. The van der Waals surface area contributed by atoms with Crippen molar-refractivity contribution >= 4 is 17.9 Å². The standard InChI is InChI=1S/C14H24FNO2S/c1-14(2,3)18-13(17)16-6-5-9-7-10(19-4)8-11(15)12(9)16/h9-12H,5-8H2,1-4H3. The van der Waals surface area contributed by atoms with Crippen molar-refractivity contribution < 1.29 is 13.9 Å². The Morgan fingerprint density at radius 2 is 2.05 bits per heavy atom. The average molecular weight is 289 g/mol. The van der Waals surface area contributed by atoms with Crippen LogP contribution in [0.3, 0.4) is 0 Å². The maximum atomic E-state index is 14.4. The first-order valence-corrected chi connectivity index (χ1v) is 8.27. The van der Waals surface area contributed by atoms with Gasteiger partial charge in [-0.2, -0.15) is 11.8 Å². The van der Waals surface area contributed by atoms with Crippen LogP contribution in [0.2, 0.25) is 0 Å². The molecule has 110 valence electrons. The van der Waals surface area contributed by atoms with Gasteiger partial charge < -0.3 is 9.64 Å². The molecule has 0 aromatic carbocycles. The molecule has 4 atom stereocenters. The number of carbonyl (C=O) groups is 1. The molecular formula is C14H24FNO2S. The summed E-state index contributed by atoms with van der Waals surface area (Å²) in [6.07, 6.45) is 3.25. The smallest absolute Gasteiger partial charge is 0.410 e. The van der Waals surface area contributed by atoms with E-state index < -0.39 is 11.8 Å². The molecule has 19 heavy (non-hydrogen) atoms. The number of likely N-dealkylation sites (tertiary alicyclic amines) is 1. The number of fused-ring (bicyclic) bond motifs is 1. The Balaban J connectivity index is 2.04. The molecule has 5 heteroatoms. The van der Waals surface area contributed by atoms with Gasteiger partial charge >= 0.3 is 6.09 Å². The van der Waals surface area contributed by atoms with Crippen LogP contribution in [-0.4, -0.2) is 46.9 Å². The first kappa shape index (κ1) is 14.9. The Labute approximate surface area is 119 Å². The van der Waals surface area contributed by atoms with E-state index in [2.05, 4.69) is 0 Å². The molecular weight excluding hydrogens is 265 g/mol. The van der Waals surface area contributed by atoms with Crippen LogP contribution in [0.5, 0.6) is 0 Å². The van der Waals surface area contributed by atoms with E-state index in [1.807, 2.05) is 27.0 Å². The van der Waals surface area contributed by atoms with E-state index in [1.165, 1.54) is 0 Å². The summed E-state index contributed by atoms with van der Waals surface area (Å²) in [5.41, 5.74) is -0.516. The molecule has 1 aliphatic carbocycles. The number of nitrogens with zero attached hydrogens (tertiary/aromatic N) is 1. The Morgan fingerprint density at radius 1 is 1.37 bits per heavy atom. The number of ether oxygens (including phenoxy) is 1. The monoisotopic (exact) mass is 289 g/mol. The molecule has 2 rings (SSSR count). The van der Waals surface area contributed by atoms with E-state index in [9.17, 15) is 9.18 Å². The van der Waals surface area contributed by atoms with Crippen molar-refractivity contribution in [1.29, 1.82) is 0 Å². The second-order valence-electron chi connectivity index (χ2n) is 6.56. The minimum atomic E-state index is -0.911. The van der Waals surface area contributed by atoms with Crippen molar-refractivity contribution in [2.24, 2.45) is 5.92 Å². The molecule has 3 nitrogen and oxygen atoms in total. The van der Waals surface area contributed by atoms with E-state index in [4.69, 9.17) is 4.74 Å². The van der Waals surface area contributed by atoms with E-state index in [0.717, 1.165) is 12.8 Å². The van der Waals surface area contributed by atoms with Crippen LogP contribution >= 0.6 is 11.8 Å². The van der Waals surface area contributed by atoms with Crippen LogP contribution in [-0.2, 0) is 4.74 Å². The van der Waals surface area contributed by atoms with Crippen LogP contribution in [0.15, 0.2) is 0 Å². The topological polar surface area (TPSA) is 29.5 Å². The lowest BCUT2D eigenvalue weighted by Crippen LogP contribution is -2.49. The highest BCUT2D eigenvalue weighted by Crippen LogP contribution is 2.41. The van der Waals surface area contributed by atoms with Crippen LogP contribution in [0.25, 0.3) is 0 Å². The maximum Gasteiger partial charge on any atom is 0.410 e. The summed E-state index contributed by atoms with van der Waals surface area (Å²) in [5.74, 6) is 0.300. The fourth-order valence-electron chi connectivity index (χ4n) is 3.18. The molecule has 1 saturated heterocycles. The summed E-state index contributed by atoms with van der Waals surface area (Å²) in [6.45, 7) is 6.16. The van der Waals surface area contributed by atoms with E-state index in [-0.39, 0.29) is 12.1 Å². The van der Waals surface area contributed by atoms with Crippen molar-refractivity contribution in [3.63, 3.8) is 0 Å². The number of hydrogen-bond acceptors (Lipinski definition) is 3. The second-order valence-corrected chi connectivity index (χ2v) is 7.70. The van der Waals surface area contributed by atoms with Gasteiger partial charge in [0, 0.05) is 11.8 Å². The molecule has 0 bridgehead atoms. The summed E-state index contributed by atoms with van der Waals surface area (Å²) >= 11 is 1.74. The van der Waals surface area contributed by atoms with Crippen LogP contribution in [0.4, 0.5) is 9.18 Å². The predicted molar refractivity (Wildman–Crippen MR) is 76.3 cm³/mol. The van der Waals surface area contributed by atoms with E-state index in [1.54, 1.807) is 16.7 Å². The van der Waals surface area contributed by atoms with Crippen LogP contribution in [0, 0.1) is 5.92 Å². The van der Waals surface area contributed by atoms with Gasteiger partial charge in [0.05, 0.1) is 6.04 Å². The first-order valence-electron chi connectivity index (χ1n) is 6.98. The molecule has 1 aliphatic heterocycles. The average Bonchev–Trinajstić information content (AvgIpc) is 2.70. The Bertz CT molecular complexity index is 345. The third-order valence-electron chi connectivity index (χ3n) is 3.97. The zero-order chi connectivity index (χ0) is 14.2.